The molecule has 146 valence electrons. The van der Waals surface area contributed by atoms with E-state index in [4.69, 9.17) is 4.74 Å². The predicted octanol–water partition coefficient (Wildman–Crippen LogP) is 2.72. The highest BCUT2D eigenvalue weighted by molar-refractivity contribution is 7.89. The summed E-state index contributed by atoms with van der Waals surface area (Å²) >= 11 is 0. The van der Waals surface area contributed by atoms with Crippen LogP contribution >= 0.6 is 0 Å². The van der Waals surface area contributed by atoms with E-state index in [1.807, 2.05) is 37.3 Å². The summed E-state index contributed by atoms with van der Waals surface area (Å²) in [5.41, 5.74) is 0.906. The largest absolute Gasteiger partial charge is 0.495 e. The molecule has 2 rings (SSSR count). The third-order valence-corrected chi connectivity index (χ3v) is 6.04. The lowest BCUT2D eigenvalue weighted by atomic mass is 10.1. The fraction of sp³-hybridized carbons (Fsp3) is 0.316. The van der Waals surface area contributed by atoms with Crippen LogP contribution in [0.1, 0.15) is 25.5 Å². The standard InChI is InChI=1S/C19H23FN2O4S/c1-4-22(13-19(23)21-14(2)15-8-6-5-7-9-15)27(24,25)18-12-16(20)10-11-17(18)26-3/h5-12,14H,4,13H2,1-3H3,(H,21,23)/t14-/m0/s1. The molecule has 0 radical (unpaired) electrons. The van der Waals surface area contributed by atoms with Crippen LogP contribution in [0, 0.1) is 5.82 Å². The second-order valence-corrected chi connectivity index (χ2v) is 7.83. The summed E-state index contributed by atoms with van der Waals surface area (Å²) in [5, 5.41) is 2.77. The zero-order valence-corrected chi connectivity index (χ0v) is 16.3. The molecule has 0 aliphatic heterocycles. The number of sulfonamides is 1. The van der Waals surface area contributed by atoms with E-state index in [9.17, 15) is 17.6 Å². The molecule has 0 aliphatic carbocycles. The van der Waals surface area contributed by atoms with Crippen LogP contribution in [0.15, 0.2) is 53.4 Å². The molecule has 2 aromatic rings. The number of amides is 1. The van der Waals surface area contributed by atoms with E-state index in [-0.39, 0.29) is 29.8 Å². The molecule has 0 fully saturated rings. The highest BCUT2D eigenvalue weighted by Crippen LogP contribution is 2.27. The van der Waals surface area contributed by atoms with Gasteiger partial charge in [0.2, 0.25) is 15.9 Å². The van der Waals surface area contributed by atoms with Crippen molar-refractivity contribution in [2.45, 2.75) is 24.8 Å². The summed E-state index contributed by atoms with van der Waals surface area (Å²) < 4.78 is 45.4. The van der Waals surface area contributed by atoms with Crippen LogP contribution in [-0.4, -0.2) is 38.8 Å². The lowest BCUT2D eigenvalue weighted by molar-refractivity contribution is -0.121. The smallest absolute Gasteiger partial charge is 0.247 e. The fourth-order valence-electron chi connectivity index (χ4n) is 2.63. The van der Waals surface area contributed by atoms with E-state index < -0.39 is 21.7 Å². The average molecular weight is 394 g/mol. The van der Waals surface area contributed by atoms with E-state index in [0.29, 0.717) is 0 Å². The Morgan fingerprint density at radius 1 is 1.22 bits per heavy atom. The summed E-state index contributed by atoms with van der Waals surface area (Å²) in [7, 11) is -2.80. The second kappa shape index (κ2) is 8.96. The number of carbonyl (C=O) groups is 1. The fourth-order valence-corrected chi connectivity index (χ4v) is 4.20. The lowest BCUT2D eigenvalue weighted by Crippen LogP contribution is -2.41. The number of hydrogen-bond acceptors (Lipinski definition) is 4. The molecule has 2 aromatic carbocycles. The molecule has 1 atom stereocenters. The minimum absolute atomic E-state index is 0.0212. The SMILES string of the molecule is CCN(CC(=O)N[C@@H](C)c1ccccc1)S(=O)(=O)c1cc(F)ccc1OC. The Kier molecular flexibility index (Phi) is 6.92. The molecule has 27 heavy (non-hydrogen) atoms. The van der Waals surface area contributed by atoms with E-state index >= 15 is 0 Å². The molecular formula is C19H23FN2O4S. The minimum Gasteiger partial charge on any atom is -0.495 e. The third-order valence-electron chi connectivity index (χ3n) is 4.09. The van der Waals surface area contributed by atoms with Gasteiger partial charge in [-0.1, -0.05) is 37.3 Å². The van der Waals surface area contributed by atoms with E-state index in [0.717, 1.165) is 22.0 Å². The van der Waals surface area contributed by atoms with Gasteiger partial charge in [-0.05, 0) is 30.7 Å². The van der Waals surface area contributed by atoms with Crippen molar-refractivity contribution in [3.8, 4) is 5.75 Å². The Hall–Kier alpha value is -2.45. The van der Waals surface area contributed by atoms with Gasteiger partial charge in [0.05, 0.1) is 19.7 Å². The van der Waals surface area contributed by atoms with Crippen molar-refractivity contribution in [2.24, 2.45) is 0 Å². The topological polar surface area (TPSA) is 75.7 Å². The highest BCUT2D eigenvalue weighted by atomic mass is 32.2. The molecule has 0 heterocycles. The van der Waals surface area contributed by atoms with Gasteiger partial charge in [0.25, 0.3) is 0 Å². The number of nitrogens with zero attached hydrogens (tertiary/aromatic N) is 1. The van der Waals surface area contributed by atoms with Gasteiger partial charge in [-0.2, -0.15) is 4.31 Å². The number of benzene rings is 2. The molecule has 0 bridgehead atoms. The van der Waals surface area contributed by atoms with Crippen molar-refractivity contribution < 1.29 is 22.3 Å². The Balaban J connectivity index is 2.18. The molecule has 8 heteroatoms. The Morgan fingerprint density at radius 3 is 2.48 bits per heavy atom. The van der Waals surface area contributed by atoms with E-state index in [1.54, 1.807) is 6.92 Å². The van der Waals surface area contributed by atoms with E-state index in [2.05, 4.69) is 5.32 Å². The summed E-state index contributed by atoms with van der Waals surface area (Å²) in [6.07, 6.45) is 0. The monoisotopic (exact) mass is 394 g/mol. The van der Waals surface area contributed by atoms with Crippen LogP contribution in [0.2, 0.25) is 0 Å². The zero-order valence-electron chi connectivity index (χ0n) is 15.5. The van der Waals surface area contributed by atoms with Gasteiger partial charge in [-0.25, -0.2) is 12.8 Å². The van der Waals surface area contributed by atoms with Crippen molar-refractivity contribution >= 4 is 15.9 Å². The number of nitrogens with one attached hydrogen (secondary N) is 1. The predicted molar refractivity (Wildman–Crippen MR) is 100 cm³/mol. The zero-order chi connectivity index (χ0) is 20.0. The summed E-state index contributed by atoms with van der Waals surface area (Å²) in [5.74, 6) is -1.13. The number of hydrogen-bond donors (Lipinski definition) is 1. The average Bonchev–Trinajstić information content (AvgIpc) is 2.66. The van der Waals surface area contributed by atoms with Crippen LogP contribution in [0.4, 0.5) is 4.39 Å². The van der Waals surface area contributed by atoms with Crippen molar-refractivity contribution in [3.63, 3.8) is 0 Å². The summed E-state index contributed by atoms with van der Waals surface area (Å²) in [4.78, 5) is 12.1. The number of halogens is 1. The molecule has 0 unspecified atom stereocenters. The minimum atomic E-state index is -4.10. The Bertz CT molecular complexity index is 888. The maximum Gasteiger partial charge on any atom is 0.247 e. The Morgan fingerprint density at radius 2 is 1.89 bits per heavy atom. The number of likely N-dealkylation sites (N-methyl/N-ethyl adjacent to an activating group) is 1. The first kappa shape index (κ1) is 20.9. The van der Waals surface area contributed by atoms with Crippen molar-refractivity contribution in [1.82, 2.24) is 9.62 Å². The first-order valence-electron chi connectivity index (χ1n) is 8.47. The molecule has 0 saturated heterocycles. The number of ether oxygens (including phenoxy) is 1. The van der Waals surface area contributed by atoms with Crippen LogP contribution < -0.4 is 10.1 Å². The highest BCUT2D eigenvalue weighted by Gasteiger charge is 2.29. The summed E-state index contributed by atoms with van der Waals surface area (Å²) in [6, 6.07) is 12.3. The molecule has 1 N–H and O–H groups in total. The first-order chi connectivity index (χ1) is 12.8. The van der Waals surface area contributed by atoms with Gasteiger partial charge >= 0.3 is 0 Å². The molecule has 0 saturated carbocycles. The van der Waals surface area contributed by atoms with Crippen LogP contribution in [0.25, 0.3) is 0 Å². The first-order valence-corrected chi connectivity index (χ1v) is 9.91. The van der Waals surface area contributed by atoms with Crippen molar-refractivity contribution in [3.05, 3.63) is 59.9 Å². The van der Waals surface area contributed by atoms with Crippen molar-refractivity contribution in [2.75, 3.05) is 20.2 Å². The van der Waals surface area contributed by atoms with Crippen LogP contribution in [0.3, 0.4) is 0 Å². The Labute approximate surface area is 159 Å². The van der Waals surface area contributed by atoms with Gasteiger partial charge in [-0.15, -0.1) is 0 Å². The quantitative estimate of drug-likeness (QED) is 0.747. The van der Waals surface area contributed by atoms with Gasteiger partial charge in [0, 0.05) is 6.54 Å². The molecule has 0 aliphatic rings. The molecule has 6 nitrogen and oxygen atoms in total. The summed E-state index contributed by atoms with van der Waals surface area (Å²) in [6.45, 7) is 3.09. The van der Waals surface area contributed by atoms with Crippen LogP contribution in [0.5, 0.6) is 5.75 Å². The van der Waals surface area contributed by atoms with E-state index in [1.165, 1.54) is 13.2 Å². The number of methoxy groups -OCH3 is 1. The number of carbonyl (C=O) groups excluding carboxylic acids is 1. The number of rotatable bonds is 8. The molecule has 0 spiro atoms. The molecular weight excluding hydrogens is 371 g/mol. The maximum absolute atomic E-state index is 13.6. The third kappa shape index (κ3) is 5.05. The molecule has 1 amide bonds. The molecule has 0 aromatic heterocycles. The van der Waals surface area contributed by atoms with Gasteiger partial charge in [-0.3, -0.25) is 4.79 Å². The van der Waals surface area contributed by atoms with Gasteiger partial charge < -0.3 is 10.1 Å². The normalized spacial score (nSPS) is 12.6. The van der Waals surface area contributed by atoms with Gasteiger partial charge in [0.1, 0.15) is 16.5 Å². The van der Waals surface area contributed by atoms with Crippen LogP contribution in [-0.2, 0) is 14.8 Å². The second-order valence-electron chi connectivity index (χ2n) is 5.93. The van der Waals surface area contributed by atoms with Crippen molar-refractivity contribution in [1.29, 1.82) is 0 Å². The van der Waals surface area contributed by atoms with Gasteiger partial charge in [0.15, 0.2) is 0 Å². The lowest BCUT2D eigenvalue weighted by Gasteiger charge is -2.22. The maximum atomic E-state index is 13.6.